The van der Waals surface area contributed by atoms with E-state index in [0.29, 0.717) is 11.5 Å². The number of anilines is 1. The van der Waals surface area contributed by atoms with Gasteiger partial charge in [-0.25, -0.2) is 4.98 Å². The van der Waals surface area contributed by atoms with E-state index in [1.807, 2.05) is 43.1 Å². The molecular formula is C16H17N5O3. The zero-order chi connectivity index (χ0) is 17.3. The van der Waals surface area contributed by atoms with Crippen molar-refractivity contribution in [1.29, 1.82) is 0 Å². The van der Waals surface area contributed by atoms with Crippen molar-refractivity contribution in [2.24, 2.45) is 0 Å². The van der Waals surface area contributed by atoms with Crippen LogP contribution in [0.5, 0.6) is 5.75 Å². The largest absolute Gasteiger partial charge is 0.497 e. The van der Waals surface area contributed by atoms with Crippen LogP contribution in [0.25, 0.3) is 5.65 Å². The third-order valence-electron chi connectivity index (χ3n) is 4.06. The highest BCUT2D eigenvalue weighted by molar-refractivity contribution is 5.50. The van der Waals surface area contributed by atoms with Gasteiger partial charge in [0.15, 0.2) is 5.82 Å². The van der Waals surface area contributed by atoms with E-state index in [0.717, 1.165) is 11.3 Å². The molecule has 24 heavy (non-hydrogen) atoms. The van der Waals surface area contributed by atoms with E-state index in [1.165, 1.54) is 10.7 Å². The van der Waals surface area contributed by atoms with Crippen molar-refractivity contribution in [3.8, 4) is 5.75 Å². The summed E-state index contributed by atoms with van der Waals surface area (Å²) >= 11 is 0. The Hall–Kier alpha value is -3.16. The van der Waals surface area contributed by atoms with Gasteiger partial charge in [0.2, 0.25) is 5.65 Å². The number of methoxy groups -OCH3 is 1. The first-order chi connectivity index (χ1) is 11.5. The summed E-state index contributed by atoms with van der Waals surface area (Å²) in [6, 6.07) is 11.3. The molecule has 1 unspecified atom stereocenters. The van der Waals surface area contributed by atoms with E-state index < -0.39 is 4.92 Å². The fraction of sp³-hybridized carbons (Fsp3) is 0.250. The Balaban J connectivity index is 1.93. The molecule has 8 nitrogen and oxygen atoms in total. The monoisotopic (exact) mass is 327 g/mol. The van der Waals surface area contributed by atoms with Crippen LogP contribution < -0.4 is 9.64 Å². The second-order valence-corrected chi connectivity index (χ2v) is 5.40. The van der Waals surface area contributed by atoms with Crippen molar-refractivity contribution in [3.63, 3.8) is 0 Å². The van der Waals surface area contributed by atoms with Crippen molar-refractivity contribution in [2.75, 3.05) is 19.1 Å². The van der Waals surface area contributed by atoms with Crippen molar-refractivity contribution >= 4 is 17.3 Å². The minimum absolute atomic E-state index is 0.0310. The quantitative estimate of drug-likeness (QED) is 0.529. The number of imidazole rings is 1. The molecule has 0 amide bonds. The van der Waals surface area contributed by atoms with Gasteiger partial charge >= 0.3 is 5.82 Å². The predicted octanol–water partition coefficient (Wildman–Crippen LogP) is 2.84. The molecule has 0 spiro atoms. The second kappa shape index (κ2) is 6.15. The summed E-state index contributed by atoms with van der Waals surface area (Å²) < 4.78 is 6.41. The van der Waals surface area contributed by atoms with Crippen LogP contribution in [0.1, 0.15) is 18.5 Å². The maximum absolute atomic E-state index is 11.1. The minimum Gasteiger partial charge on any atom is -0.497 e. The second-order valence-electron chi connectivity index (χ2n) is 5.40. The van der Waals surface area contributed by atoms with E-state index in [9.17, 15) is 10.1 Å². The smallest absolute Gasteiger partial charge is 0.368 e. The Labute approximate surface area is 138 Å². The Morgan fingerprint density at radius 2 is 1.96 bits per heavy atom. The van der Waals surface area contributed by atoms with Crippen LogP contribution in [0.3, 0.4) is 0 Å². The molecule has 1 aromatic carbocycles. The summed E-state index contributed by atoms with van der Waals surface area (Å²) in [6.45, 7) is 2.04. The lowest BCUT2D eigenvalue weighted by molar-refractivity contribution is -0.391. The van der Waals surface area contributed by atoms with Crippen molar-refractivity contribution < 1.29 is 9.66 Å². The maximum Gasteiger partial charge on any atom is 0.368 e. The predicted molar refractivity (Wildman–Crippen MR) is 89.5 cm³/mol. The third-order valence-corrected chi connectivity index (χ3v) is 4.06. The summed E-state index contributed by atoms with van der Waals surface area (Å²) in [5.74, 6) is 1.26. The summed E-state index contributed by atoms with van der Waals surface area (Å²) in [4.78, 5) is 16.5. The van der Waals surface area contributed by atoms with Gasteiger partial charge < -0.3 is 19.8 Å². The Kier molecular flexibility index (Phi) is 4.03. The van der Waals surface area contributed by atoms with Crippen molar-refractivity contribution in [1.82, 2.24) is 14.6 Å². The number of benzene rings is 1. The molecule has 3 rings (SSSR count). The van der Waals surface area contributed by atoms with Gasteiger partial charge in [-0.15, -0.1) is 0 Å². The van der Waals surface area contributed by atoms with E-state index in [-0.39, 0.29) is 11.9 Å². The lowest BCUT2D eigenvalue weighted by atomic mass is 10.1. The number of rotatable bonds is 5. The lowest BCUT2D eigenvalue weighted by Gasteiger charge is -2.25. The van der Waals surface area contributed by atoms with Gasteiger partial charge in [0.05, 0.1) is 13.2 Å². The molecule has 0 saturated heterocycles. The highest BCUT2D eigenvalue weighted by atomic mass is 16.6. The molecule has 0 aliphatic carbocycles. The van der Waals surface area contributed by atoms with E-state index in [1.54, 1.807) is 19.2 Å². The van der Waals surface area contributed by atoms with Crippen molar-refractivity contribution in [2.45, 2.75) is 13.0 Å². The third kappa shape index (κ3) is 2.73. The summed E-state index contributed by atoms with van der Waals surface area (Å²) in [6.07, 6.45) is 1.21. The van der Waals surface area contributed by atoms with Crippen LogP contribution in [-0.4, -0.2) is 33.7 Å². The van der Waals surface area contributed by atoms with Gasteiger partial charge in [0.25, 0.3) is 0 Å². The topological polar surface area (TPSA) is 85.8 Å². The molecule has 0 aliphatic heterocycles. The molecule has 0 N–H and O–H groups in total. The minimum atomic E-state index is -0.496. The SMILES string of the molecule is COc1ccc(C(C)N(C)c2ccc3ncc([N+](=O)[O-])n3n2)cc1. The molecule has 0 saturated carbocycles. The molecule has 2 aromatic heterocycles. The first-order valence-corrected chi connectivity index (χ1v) is 7.37. The number of nitro groups is 1. The molecule has 1 atom stereocenters. The molecular weight excluding hydrogens is 310 g/mol. The highest BCUT2D eigenvalue weighted by Gasteiger charge is 2.19. The molecule has 0 radical (unpaired) electrons. The standard InChI is InChI=1S/C16H17N5O3/c1-11(12-4-6-13(24-3)7-5-12)19(2)15-9-8-14-17-10-16(21(22)23)20(14)18-15/h4-11H,1-3H3. The van der Waals surface area contributed by atoms with Crippen LogP contribution in [-0.2, 0) is 0 Å². The number of nitrogens with zero attached hydrogens (tertiary/aromatic N) is 5. The molecule has 124 valence electrons. The normalized spacial score (nSPS) is 12.1. The molecule has 0 fully saturated rings. The van der Waals surface area contributed by atoms with Gasteiger partial charge in [-0.2, -0.15) is 0 Å². The number of hydrogen-bond donors (Lipinski definition) is 0. The average Bonchev–Trinajstić information content (AvgIpc) is 3.04. The molecule has 2 heterocycles. The first kappa shape index (κ1) is 15.7. The molecule has 8 heteroatoms. The molecule has 0 aliphatic rings. The van der Waals surface area contributed by atoms with Gasteiger partial charge in [-0.3, -0.25) is 0 Å². The highest BCUT2D eigenvalue weighted by Crippen LogP contribution is 2.26. The van der Waals surface area contributed by atoms with Crippen LogP contribution >= 0.6 is 0 Å². The zero-order valence-corrected chi connectivity index (χ0v) is 13.6. The van der Waals surface area contributed by atoms with E-state index in [2.05, 4.69) is 10.1 Å². The molecule has 0 bridgehead atoms. The first-order valence-electron chi connectivity index (χ1n) is 7.37. The fourth-order valence-electron chi connectivity index (χ4n) is 2.47. The van der Waals surface area contributed by atoms with Gasteiger partial charge in [-0.1, -0.05) is 21.7 Å². The van der Waals surface area contributed by atoms with E-state index >= 15 is 0 Å². The van der Waals surface area contributed by atoms with Crippen molar-refractivity contribution in [3.05, 3.63) is 58.3 Å². The number of fused-ring (bicyclic) bond motifs is 1. The number of hydrogen-bond acceptors (Lipinski definition) is 6. The summed E-state index contributed by atoms with van der Waals surface area (Å²) in [5, 5.41) is 15.4. The van der Waals surface area contributed by atoms with Crippen LogP contribution in [0.15, 0.2) is 42.6 Å². The summed E-state index contributed by atoms with van der Waals surface area (Å²) in [5.41, 5.74) is 1.52. The van der Waals surface area contributed by atoms with Crippen LogP contribution in [0.4, 0.5) is 11.6 Å². The zero-order valence-electron chi connectivity index (χ0n) is 13.6. The number of aromatic nitrogens is 3. The fourth-order valence-corrected chi connectivity index (χ4v) is 2.47. The molecule has 3 aromatic rings. The number of ether oxygens (including phenoxy) is 1. The Morgan fingerprint density at radius 3 is 2.58 bits per heavy atom. The van der Waals surface area contributed by atoms with Gasteiger partial charge in [-0.05, 0) is 35.6 Å². The Morgan fingerprint density at radius 1 is 1.25 bits per heavy atom. The van der Waals surface area contributed by atoms with Gasteiger partial charge in [0, 0.05) is 13.1 Å². The average molecular weight is 327 g/mol. The van der Waals surface area contributed by atoms with E-state index in [4.69, 9.17) is 4.74 Å². The lowest BCUT2D eigenvalue weighted by Crippen LogP contribution is -2.23. The Bertz CT molecular complexity index is 875. The maximum atomic E-state index is 11.1. The van der Waals surface area contributed by atoms with Crippen LogP contribution in [0, 0.1) is 10.1 Å². The van der Waals surface area contributed by atoms with Crippen LogP contribution in [0.2, 0.25) is 0 Å². The van der Waals surface area contributed by atoms with Gasteiger partial charge in [0.1, 0.15) is 11.9 Å². The summed E-state index contributed by atoms with van der Waals surface area (Å²) in [7, 11) is 3.52.